The van der Waals surface area contributed by atoms with Crippen molar-refractivity contribution in [3.63, 3.8) is 0 Å². The second-order valence-electron chi connectivity index (χ2n) is 3.27. The molecule has 1 aromatic rings. The van der Waals surface area contributed by atoms with Crippen LogP contribution in [0.5, 0.6) is 0 Å². The Bertz CT molecular complexity index is 457. The molecule has 1 aliphatic rings. The van der Waals surface area contributed by atoms with Crippen LogP contribution in [0.25, 0.3) is 0 Å². The highest BCUT2D eigenvalue weighted by Crippen LogP contribution is 2.23. The normalized spacial score (nSPS) is 20.1. The van der Waals surface area contributed by atoms with Gasteiger partial charge in [-0.05, 0) is 25.1 Å². The summed E-state index contributed by atoms with van der Waals surface area (Å²) < 4.78 is 0. The summed E-state index contributed by atoms with van der Waals surface area (Å²) in [7, 11) is 0. The van der Waals surface area contributed by atoms with Crippen LogP contribution < -0.4 is 5.32 Å². The van der Waals surface area contributed by atoms with Gasteiger partial charge < -0.3 is 5.32 Å². The highest BCUT2D eigenvalue weighted by Gasteiger charge is 2.22. The van der Waals surface area contributed by atoms with Crippen LogP contribution in [0.15, 0.2) is 23.2 Å². The van der Waals surface area contributed by atoms with Crippen LogP contribution in [0, 0.1) is 0 Å². The van der Waals surface area contributed by atoms with Crippen molar-refractivity contribution in [3.05, 3.63) is 33.8 Å². The maximum atomic E-state index is 11.2. The van der Waals surface area contributed by atoms with Gasteiger partial charge in [0.1, 0.15) is 11.9 Å². The fraction of sp³-hybridized carbons (Fsp3) is 0.200. The summed E-state index contributed by atoms with van der Waals surface area (Å²) in [5, 5.41) is 3.61. The molecule has 0 bridgehead atoms. The Hall–Kier alpha value is -1.06. The fourth-order valence-electron chi connectivity index (χ4n) is 1.30. The van der Waals surface area contributed by atoms with Gasteiger partial charge in [0, 0.05) is 5.56 Å². The number of carbonyl (C=O) groups is 1. The molecule has 2 rings (SSSR count). The Morgan fingerprint density at radius 2 is 2.07 bits per heavy atom. The predicted octanol–water partition coefficient (Wildman–Crippen LogP) is 2.26. The number of rotatable bonds is 1. The van der Waals surface area contributed by atoms with Gasteiger partial charge in [-0.25, -0.2) is 0 Å². The Morgan fingerprint density at radius 1 is 1.33 bits per heavy atom. The van der Waals surface area contributed by atoms with Crippen molar-refractivity contribution in [2.75, 3.05) is 0 Å². The third-order valence-corrected chi connectivity index (χ3v) is 2.88. The second kappa shape index (κ2) is 3.83. The number of hydrogen-bond donors (Lipinski definition) is 1. The monoisotopic (exact) mass is 242 g/mol. The van der Waals surface area contributed by atoms with E-state index >= 15 is 0 Å². The van der Waals surface area contributed by atoms with Crippen molar-refractivity contribution in [2.45, 2.75) is 13.0 Å². The molecule has 0 radical (unpaired) electrons. The Labute approximate surface area is 97.1 Å². The largest absolute Gasteiger partial charge is 0.309 e. The Kier molecular flexibility index (Phi) is 2.67. The third kappa shape index (κ3) is 1.98. The first-order valence-corrected chi connectivity index (χ1v) is 5.17. The zero-order valence-electron chi connectivity index (χ0n) is 7.92. The average Bonchev–Trinajstić information content (AvgIpc) is 2.52. The summed E-state index contributed by atoms with van der Waals surface area (Å²) in [4.78, 5) is 15.4. The van der Waals surface area contributed by atoms with E-state index in [0.717, 1.165) is 5.56 Å². The van der Waals surface area contributed by atoms with Crippen LogP contribution in [0.1, 0.15) is 12.5 Å². The minimum Gasteiger partial charge on any atom is -0.309 e. The lowest BCUT2D eigenvalue weighted by molar-refractivity contribution is -0.119. The van der Waals surface area contributed by atoms with Gasteiger partial charge in [0.2, 0.25) is 5.91 Å². The van der Waals surface area contributed by atoms with E-state index in [2.05, 4.69) is 10.3 Å². The highest BCUT2D eigenvalue weighted by atomic mass is 35.5. The van der Waals surface area contributed by atoms with Gasteiger partial charge in [-0.1, -0.05) is 23.2 Å². The molecule has 5 heteroatoms. The SMILES string of the molecule is CC1N=C(c2ccc(Cl)c(Cl)c2)NC1=O. The maximum Gasteiger partial charge on any atom is 0.250 e. The summed E-state index contributed by atoms with van der Waals surface area (Å²) in [6.07, 6.45) is 0. The van der Waals surface area contributed by atoms with Gasteiger partial charge >= 0.3 is 0 Å². The maximum absolute atomic E-state index is 11.2. The van der Waals surface area contributed by atoms with Crippen LogP contribution >= 0.6 is 23.2 Å². The zero-order chi connectivity index (χ0) is 11.0. The predicted molar refractivity (Wildman–Crippen MR) is 60.6 cm³/mol. The first-order valence-electron chi connectivity index (χ1n) is 4.42. The van der Waals surface area contributed by atoms with Gasteiger partial charge in [-0.3, -0.25) is 9.79 Å². The quantitative estimate of drug-likeness (QED) is 0.807. The molecule has 0 spiro atoms. The van der Waals surface area contributed by atoms with Gasteiger partial charge in [-0.15, -0.1) is 0 Å². The molecule has 78 valence electrons. The van der Waals surface area contributed by atoms with E-state index in [4.69, 9.17) is 23.2 Å². The van der Waals surface area contributed by atoms with Crippen molar-refractivity contribution in [1.29, 1.82) is 0 Å². The lowest BCUT2D eigenvalue weighted by Gasteiger charge is -2.02. The number of amides is 1. The first kappa shape index (κ1) is 10.5. The van der Waals surface area contributed by atoms with E-state index in [1.54, 1.807) is 25.1 Å². The lowest BCUT2D eigenvalue weighted by atomic mass is 10.2. The molecule has 1 aliphatic heterocycles. The molecule has 1 heterocycles. The standard InChI is InChI=1S/C10H8Cl2N2O/c1-5-10(15)14-9(13-5)6-2-3-7(11)8(12)4-6/h2-5H,1H3,(H,13,14,15). The zero-order valence-corrected chi connectivity index (χ0v) is 9.43. The van der Waals surface area contributed by atoms with Gasteiger partial charge in [0.15, 0.2) is 0 Å². The van der Waals surface area contributed by atoms with Crippen molar-refractivity contribution in [2.24, 2.45) is 4.99 Å². The third-order valence-electron chi connectivity index (χ3n) is 2.14. The molecular weight excluding hydrogens is 235 g/mol. The number of aliphatic imine (C=N–C) groups is 1. The topological polar surface area (TPSA) is 41.5 Å². The number of carbonyl (C=O) groups excluding carboxylic acids is 1. The summed E-state index contributed by atoms with van der Waals surface area (Å²) in [5.74, 6) is 0.446. The Balaban J connectivity index is 2.35. The number of hydrogen-bond acceptors (Lipinski definition) is 2. The molecule has 1 amide bonds. The van der Waals surface area contributed by atoms with Gasteiger partial charge in [0.25, 0.3) is 0 Å². The molecule has 1 unspecified atom stereocenters. The second-order valence-corrected chi connectivity index (χ2v) is 4.09. The van der Waals surface area contributed by atoms with Crippen molar-refractivity contribution in [3.8, 4) is 0 Å². The minimum absolute atomic E-state index is 0.101. The number of halogens is 2. The molecule has 0 fully saturated rings. The van der Waals surface area contributed by atoms with E-state index in [0.29, 0.717) is 15.9 Å². The lowest BCUT2D eigenvalue weighted by Crippen LogP contribution is -2.27. The number of nitrogens with one attached hydrogen (secondary N) is 1. The summed E-state index contributed by atoms with van der Waals surface area (Å²) >= 11 is 11.7. The van der Waals surface area contributed by atoms with E-state index in [-0.39, 0.29) is 11.9 Å². The molecular formula is C10H8Cl2N2O. The van der Waals surface area contributed by atoms with Crippen LogP contribution in [0.2, 0.25) is 10.0 Å². The molecule has 3 nitrogen and oxygen atoms in total. The summed E-state index contributed by atoms with van der Waals surface area (Å²) in [6, 6.07) is 4.79. The highest BCUT2D eigenvalue weighted by molar-refractivity contribution is 6.42. The van der Waals surface area contributed by atoms with Gasteiger partial charge in [-0.2, -0.15) is 0 Å². The smallest absolute Gasteiger partial charge is 0.250 e. The molecule has 0 aromatic heterocycles. The fourth-order valence-corrected chi connectivity index (χ4v) is 1.59. The molecule has 0 saturated heterocycles. The van der Waals surface area contributed by atoms with E-state index < -0.39 is 0 Å². The van der Waals surface area contributed by atoms with E-state index in [9.17, 15) is 4.79 Å². The molecule has 1 atom stereocenters. The van der Waals surface area contributed by atoms with Crippen LogP contribution in [-0.2, 0) is 4.79 Å². The number of benzene rings is 1. The van der Waals surface area contributed by atoms with Crippen LogP contribution in [0.4, 0.5) is 0 Å². The average molecular weight is 243 g/mol. The number of nitrogens with zero attached hydrogens (tertiary/aromatic N) is 1. The molecule has 0 saturated carbocycles. The minimum atomic E-state index is -0.338. The summed E-state index contributed by atoms with van der Waals surface area (Å²) in [6.45, 7) is 1.74. The van der Waals surface area contributed by atoms with E-state index in [1.807, 2.05) is 0 Å². The van der Waals surface area contributed by atoms with Crippen LogP contribution in [0.3, 0.4) is 0 Å². The first-order chi connectivity index (χ1) is 7.08. The molecule has 1 N–H and O–H groups in total. The summed E-state index contributed by atoms with van der Waals surface area (Å²) in [5.41, 5.74) is 0.766. The van der Waals surface area contributed by atoms with E-state index in [1.165, 1.54) is 0 Å². The number of amidine groups is 1. The Morgan fingerprint density at radius 3 is 2.60 bits per heavy atom. The molecule has 15 heavy (non-hydrogen) atoms. The molecule has 1 aromatic carbocycles. The van der Waals surface area contributed by atoms with Crippen molar-refractivity contribution < 1.29 is 4.79 Å². The van der Waals surface area contributed by atoms with Crippen molar-refractivity contribution >= 4 is 34.9 Å². The van der Waals surface area contributed by atoms with Gasteiger partial charge in [0.05, 0.1) is 10.0 Å². The molecule has 0 aliphatic carbocycles. The van der Waals surface area contributed by atoms with Crippen molar-refractivity contribution in [1.82, 2.24) is 5.32 Å². The van der Waals surface area contributed by atoms with Crippen LogP contribution in [-0.4, -0.2) is 17.8 Å².